The molecule has 2 heterocycles. The van der Waals surface area contributed by atoms with Crippen LogP contribution in [0, 0.1) is 11.7 Å². The number of carbonyl (C=O) groups is 1. The lowest BCUT2D eigenvalue weighted by molar-refractivity contribution is -0.122. The maximum absolute atomic E-state index is 13.9. The maximum atomic E-state index is 13.9. The van der Waals surface area contributed by atoms with Crippen LogP contribution in [0.15, 0.2) is 18.2 Å². The van der Waals surface area contributed by atoms with E-state index in [0.29, 0.717) is 25.2 Å². The molecule has 0 radical (unpaired) electrons. The van der Waals surface area contributed by atoms with Crippen LogP contribution in [-0.2, 0) is 4.79 Å². The normalized spacial score (nSPS) is 20.8. The molecule has 2 aliphatic heterocycles. The molecule has 2 aliphatic rings. The van der Waals surface area contributed by atoms with Crippen LogP contribution >= 0.6 is 0 Å². The Hall–Kier alpha value is -1.66. The van der Waals surface area contributed by atoms with Crippen molar-refractivity contribution in [2.45, 2.75) is 51.2 Å². The van der Waals surface area contributed by atoms with Gasteiger partial charge in [-0.2, -0.15) is 0 Å². The van der Waals surface area contributed by atoms with Crippen LogP contribution in [0.3, 0.4) is 0 Å². The fraction of sp³-hybridized carbons (Fsp3) is 0.650. The van der Waals surface area contributed by atoms with Gasteiger partial charge in [-0.15, -0.1) is 0 Å². The second kappa shape index (κ2) is 8.82. The van der Waals surface area contributed by atoms with E-state index in [1.54, 1.807) is 6.07 Å². The van der Waals surface area contributed by atoms with Crippen LogP contribution in [0.1, 0.15) is 50.6 Å². The summed E-state index contributed by atoms with van der Waals surface area (Å²) in [6.07, 6.45) is 3.77. The Balaban J connectivity index is 1.66. The molecule has 0 aliphatic carbocycles. The summed E-state index contributed by atoms with van der Waals surface area (Å²) >= 11 is 0. The molecule has 144 valence electrons. The molecule has 0 bridgehead atoms. The topological polar surface area (TPSA) is 64.6 Å². The lowest BCUT2D eigenvalue weighted by atomic mass is 9.94. The summed E-state index contributed by atoms with van der Waals surface area (Å²) in [5, 5.41) is 16.1. The summed E-state index contributed by atoms with van der Waals surface area (Å²) in [5.74, 6) is 0.174. The van der Waals surface area contributed by atoms with Crippen molar-refractivity contribution >= 4 is 11.6 Å². The van der Waals surface area contributed by atoms with Crippen molar-refractivity contribution in [1.29, 1.82) is 0 Å². The van der Waals surface area contributed by atoms with Gasteiger partial charge in [-0.25, -0.2) is 4.39 Å². The monoisotopic (exact) mass is 363 g/mol. The van der Waals surface area contributed by atoms with Crippen LogP contribution < -0.4 is 15.5 Å². The first-order valence-corrected chi connectivity index (χ1v) is 9.75. The molecule has 1 amide bonds. The first kappa shape index (κ1) is 19.1. The number of hydrogen-bond donors (Lipinski definition) is 3. The van der Waals surface area contributed by atoms with Crippen LogP contribution in [-0.4, -0.2) is 43.3 Å². The standard InChI is InChI=1S/C20H30FN3O2/c1-14(23-20(26)12-15-4-8-22-9-5-15)18-13-16(21)2-3-19(18)24-10-6-17(25)7-11-24/h2-3,13-15,17,22,25H,4-12H2,1H3,(H,23,26). The Morgan fingerprint density at radius 2 is 2.00 bits per heavy atom. The molecule has 5 nitrogen and oxygen atoms in total. The third-order valence-electron chi connectivity index (χ3n) is 5.57. The number of nitrogens with one attached hydrogen (secondary N) is 2. The van der Waals surface area contributed by atoms with Crippen LogP contribution in [0.25, 0.3) is 0 Å². The molecular formula is C20H30FN3O2. The van der Waals surface area contributed by atoms with Gasteiger partial charge in [0.1, 0.15) is 5.82 Å². The molecule has 1 aromatic rings. The predicted molar refractivity (Wildman–Crippen MR) is 101 cm³/mol. The number of carbonyl (C=O) groups excluding carboxylic acids is 1. The molecule has 0 spiro atoms. The lowest BCUT2D eigenvalue weighted by Crippen LogP contribution is -2.37. The number of aliphatic hydroxyl groups is 1. The van der Waals surface area contributed by atoms with Crippen molar-refractivity contribution in [2.75, 3.05) is 31.1 Å². The fourth-order valence-corrected chi connectivity index (χ4v) is 3.99. The van der Waals surface area contributed by atoms with Gasteiger partial charge in [-0.3, -0.25) is 4.79 Å². The third kappa shape index (κ3) is 4.95. The Morgan fingerprint density at radius 3 is 2.69 bits per heavy atom. The number of benzene rings is 1. The quantitative estimate of drug-likeness (QED) is 0.751. The number of aliphatic hydroxyl groups excluding tert-OH is 1. The molecule has 6 heteroatoms. The Labute approximate surface area is 155 Å². The largest absolute Gasteiger partial charge is 0.393 e. The Kier molecular flexibility index (Phi) is 6.48. The van der Waals surface area contributed by atoms with E-state index >= 15 is 0 Å². The van der Waals surface area contributed by atoms with E-state index in [4.69, 9.17) is 0 Å². The van der Waals surface area contributed by atoms with Crippen molar-refractivity contribution < 1.29 is 14.3 Å². The third-order valence-corrected chi connectivity index (χ3v) is 5.57. The number of amides is 1. The number of nitrogens with zero attached hydrogens (tertiary/aromatic N) is 1. The molecular weight excluding hydrogens is 333 g/mol. The highest BCUT2D eigenvalue weighted by Gasteiger charge is 2.23. The van der Waals surface area contributed by atoms with Gasteiger partial charge in [0.25, 0.3) is 0 Å². The highest BCUT2D eigenvalue weighted by molar-refractivity contribution is 5.77. The van der Waals surface area contributed by atoms with Crippen molar-refractivity contribution in [3.8, 4) is 0 Å². The average Bonchev–Trinajstić information content (AvgIpc) is 2.63. The zero-order valence-corrected chi connectivity index (χ0v) is 15.5. The van der Waals surface area contributed by atoms with Gasteiger partial charge < -0.3 is 20.6 Å². The average molecular weight is 363 g/mol. The summed E-state index contributed by atoms with van der Waals surface area (Å²) in [7, 11) is 0. The maximum Gasteiger partial charge on any atom is 0.220 e. The highest BCUT2D eigenvalue weighted by Crippen LogP contribution is 2.30. The summed E-state index contributed by atoms with van der Waals surface area (Å²) in [4.78, 5) is 14.6. The Bertz CT molecular complexity index is 611. The molecule has 3 N–H and O–H groups in total. The molecule has 2 saturated heterocycles. The minimum Gasteiger partial charge on any atom is -0.393 e. The molecule has 1 unspecified atom stereocenters. The molecule has 1 atom stereocenters. The first-order valence-electron chi connectivity index (χ1n) is 9.75. The van der Waals surface area contributed by atoms with E-state index < -0.39 is 0 Å². The van der Waals surface area contributed by atoms with Gasteiger partial charge in [0, 0.05) is 30.8 Å². The van der Waals surface area contributed by atoms with E-state index in [2.05, 4.69) is 15.5 Å². The van der Waals surface area contributed by atoms with Crippen LogP contribution in [0.2, 0.25) is 0 Å². The highest BCUT2D eigenvalue weighted by atomic mass is 19.1. The van der Waals surface area contributed by atoms with Gasteiger partial charge >= 0.3 is 0 Å². The molecule has 2 fully saturated rings. The van der Waals surface area contributed by atoms with E-state index in [0.717, 1.165) is 50.3 Å². The van der Waals surface area contributed by atoms with Crippen molar-refractivity contribution in [2.24, 2.45) is 5.92 Å². The van der Waals surface area contributed by atoms with Crippen molar-refractivity contribution in [3.63, 3.8) is 0 Å². The number of piperidine rings is 2. The van der Waals surface area contributed by atoms with Gasteiger partial charge in [0.2, 0.25) is 5.91 Å². The van der Waals surface area contributed by atoms with Crippen LogP contribution in [0.5, 0.6) is 0 Å². The van der Waals surface area contributed by atoms with Gasteiger partial charge in [-0.05, 0) is 69.8 Å². The molecule has 0 aromatic heterocycles. The summed E-state index contributed by atoms with van der Waals surface area (Å²) in [6.45, 7) is 5.35. The fourth-order valence-electron chi connectivity index (χ4n) is 3.99. The predicted octanol–water partition coefficient (Wildman–Crippen LogP) is 2.35. The summed E-state index contributed by atoms with van der Waals surface area (Å²) < 4.78 is 13.9. The van der Waals surface area contributed by atoms with Gasteiger partial charge in [0.05, 0.1) is 12.1 Å². The van der Waals surface area contributed by atoms with Gasteiger partial charge in [0.15, 0.2) is 0 Å². The number of anilines is 1. The molecule has 3 rings (SSSR count). The summed E-state index contributed by atoms with van der Waals surface area (Å²) in [6, 6.07) is 4.53. The Morgan fingerprint density at radius 1 is 1.31 bits per heavy atom. The first-order chi connectivity index (χ1) is 12.5. The molecule has 0 saturated carbocycles. The number of hydrogen-bond acceptors (Lipinski definition) is 4. The second-order valence-electron chi connectivity index (χ2n) is 7.61. The smallest absolute Gasteiger partial charge is 0.220 e. The van der Waals surface area contributed by atoms with Crippen molar-refractivity contribution in [1.82, 2.24) is 10.6 Å². The number of halogens is 1. The SMILES string of the molecule is CC(NC(=O)CC1CCNCC1)c1cc(F)ccc1N1CCC(O)CC1. The minimum atomic E-state index is -0.291. The van der Waals surface area contributed by atoms with E-state index in [9.17, 15) is 14.3 Å². The second-order valence-corrected chi connectivity index (χ2v) is 7.61. The lowest BCUT2D eigenvalue weighted by Gasteiger charge is -2.34. The molecule has 1 aromatic carbocycles. The molecule has 26 heavy (non-hydrogen) atoms. The zero-order chi connectivity index (χ0) is 18.5. The zero-order valence-electron chi connectivity index (χ0n) is 15.5. The van der Waals surface area contributed by atoms with E-state index in [-0.39, 0.29) is 23.9 Å². The van der Waals surface area contributed by atoms with Crippen molar-refractivity contribution in [3.05, 3.63) is 29.6 Å². The minimum absolute atomic E-state index is 0.0358. The van der Waals surface area contributed by atoms with E-state index in [1.807, 2.05) is 6.92 Å². The summed E-state index contributed by atoms with van der Waals surface area (Å²) in [5.41, 5.74) is 1.76. The van der Waals surface area contributed by atoms with Gasteiger partial charge in [-0.1, -0.05) is 0 Å². The van der Waals surface area contributed by atoms with Crippen LogP contribution in [0.4, 0.5) is 10.1 Å². The number of rotatable bonds is 5. The van der Waals surface area contributed by atoms with E-state index in [1.165, 1.54) is 12.1 Å².